The SMILES string of the molecule is O=C(/C=C/c1ccc(-c2ccc(F)cc2)s1)N1CCN(c2ccccc2)CC1. The molecule has 1 fully saturated rings. The quantitative estimate of drug-likeness (QED) is 0.589. The third kappa shape index (κ3) is 4.31. The average molecular weight is 392 g/mol. The lowest BCUT2D eigenvalue weighted by atomic mass is 10.2. The maximum atomic E-state index is 13.1. The van der Waals surface area contributed by atoms with Crippen molar-refractivity contribution in [2.75, 3.05) is 31.1 Å². The fourth-order valence-corrected chi connectivity index (χ4v) is 4.21. The summed E-state index contributed by atoms with van der Waals surface area (Å²) in [7, 11) is 0. The van der Waals surface area contributed by atoms with E-state index in [2.05, 4.69) is 17.0 Å². The molecule has 142 valence electrons. The van der Waals surface area contributed by atoms with Gasteiger partial charge in [-0.1, -0.05) is 30.3 Å². The highest BCUT2D eigenvalue weighted by Gasteiger charge is 2.19. The van der Waals surface area contributed by atoms with E-state index >= 15 is 0 Å². The predicted molar refractivity (Wildman–Crippen MR) is 114 cm³/mol. The van der Waals surface area contributed by atoms with E-state index < -0.39 is 0 Å². The first-order valence-electron chi connectivity index (χ1n) is 9.32. The Bertz CT molecular complexity index is 958. The molecule has 3 aromatic rings. The number of para-hydroxylation sites is 1. The minimum atomic E-state index is -0.238. The maximum Gasteiger partial charge on any atom is 0.246 e. The van der Waals surface area contributed by atoms with Crippen LogP contribution in [0.2, 0.25) is 0 Å². The highest BCUT2D eigenvalue weighted by Crippen LogP contribution is 2.29. The van der Waals surface area contributed by atoms with Crippen molar-refractivity contribution in [3.8, 4) is 10.4 Å². The third-order valence-corrected chi connectivity index (χ3v) is 5.96. The van der Waals surface area contributed by atoms with Gasteiger partial charge < -0.3 is 9.80 Å². The van der Waals surface area contributed by atoms with Gasteiger partial charge in [-0.05, 0) is 48.0 Å². The molecule has 5 heteroatoms. The number of hydrogen-bond donors (Lipinski definition) is 0. The number of amides is 1. The number of anilines is 1. The van der Waals surface area contributed by atoms with Crippen LogP contribution in [0, 0.1) is 5.82 Å². The van der Waals surface area contributed by atoms with E-state index in [1.165, 1.54) is 17.8 Å². The summed E-state index contributed by atoms with van der Waals surface area (Å²) < 4.78 is 13.1. The van der Waals surface area contributed by atoms with Gasteiger partial charge in [0.25, 0.3) is 0 Å². The fourth-order valence-electron chi connectivity index (χ4n) is 3.29. The molecule has 0 N–H and O–H groups in total. The summed E-state index contributed by atoms with van der Waals surface area (Å²) in [5, 5.41) is 0. The van der Waals surface area contributed by atoms with E-state index in [4.69, 9.17) is 0 Å². The number of halogens is 1. The van der Waals surface area contributed by atoms with Crippen LogP contribution in [-0.4, -0.2) is 37.0 Å². The molecule has 28 heavy (non-hydrogen) atoms. The molecule has 0 saturated carbocycles. The Balaban J connectivity index is 1.34. The van der Waals surface area contributed by atoms with Gasteiger partial charge in [0.15, 0.2) is 0 Å². The smallest absolute Gasteiger partial charge is 0.246 e. The molecular weight excluding hydrogens is 371 g/mol. The van der Waals surface area contributed by atoms with Crippen LogP contribution in [-0.2, 0) is 4.79 Å². The first kappa shape index (κ1) is 18.4. The molecule has 2 aromatic carbocycles. The second-order valence-corrected chi connectivity index (χ2v) is 7.81. The van der Waals surface area contributed by atoms with Gasteiger partial charge in [-0.2, -0.15) is 0 Å². The maximum absolute atomic E-state index is 13.1. The lowest BCUT2D eigenvalue weighted by molar-refractivity contribution is -0.126. The lowest BCUT2D eigenvalue weighted by Crippen LogP contribution is -2.48. The van der Waals surface area contributed by atoms with Crippen LogP contribution < -0.4 is 4.90 Å². The molecule has 1 amide bonds. The van der Waals surface area contributed by atoms with E-state index in [1.807, 2.05) is 41.3 Å². The molecule has 0 bridgehead atoms. The molecule has 0 radical (unpaired) electrons. The van der Waals surface area contributed by atoms with Crippen molar-refractivity contribution in [1.82, 2.24) is 4.90 Å². The highest BCUT2D eigenvalue weighted by molar-refractivity contribution is 7.16. The van der Waals surface area contributed by atoms with Crippen LogP contribution in [0.3, 0.4) is 0 Å². The molecule has 1 aliphatic heterocycles. The van der Waals surface area contributed by atoms with E-state index in [1.54, 1.807) is 29.5 Å². The summed E-state index contributed by atoms with van der Waals surface area (Å²) in [6.07, 6.45) is 3.52. The third-order valence-electron chi connectivity index (χ3n) is 4.86. The fraction of sp³-hybridized carbons (Fsp3) is 0.174. The Kier molecular flexibility index (Phi) is 5.53. The van der Waals surface area contributed by atoms with Gasteiger partial charge in [0.05, 0.1) is 0 Å². The van der Waals surface area contributed by atoms with E-state index in [-0.39, 0.29) is 11.7 Å². The molecule has 2 heterocycles. The second kappa shape index (κ2) is 8.40. The Morgan fingerprint density at radius 2 is 1.61 bits per heavy atom. The highest BCUT2D eigenvalue weighted by atomic mass is 32.1. The minimum absolute atomic E-state index is 0.0458. The van der Waals surface area contributed by atoms with Crippen molar-refractivity contribution in [1.29, 1.82) is 0 Å². The predicted octanol–water partition coefficient (Wildman–Crippen LogP) is 4.92. The summed E-state index contributed by atoms with van der Waals surface area (Å²) in [4.78, 5) is 18.8. The number of hydrogen-bond acceptors (Lipinski definition) is 3. The number of carbonyl (C=O) groups excluding carboxylic acids is 1. The number of thiophene rings is 1. The van der Waals surface area contributed by atoms with Gasteiger partial charge in [-0.3, -0.25) is 4.79 Å². The summed E-state index contributed by atoms with van der Waals surface area (Å²) >= 11 is 1.59. The van der Waals surface area contributed by atoms with Gasteiger partial charge in [-0.25, -0.2) is 4.39 Å². The summed E-state index contributed by atoms with van der Waals surface area (Å²) in [6.45, 7) is 3.14. The van der Waals surface area contributed by atoms with Crippen molar-refractivity contribution in [2.24, 2.45) is 0 Å². The first-order valence-corrected chi connectivity index (χ1v) is 10.1. The molecular formula is C23H21FN2OS. The molecule has 1 saturated heterocycles. The molecule has 0 aliphatic carbocycles. The van der Waals surface area contributed by atoms with E-state index in [0.717, 1.165) is 41.5 Å². The van der Waals surface area contributed by atoms with Crippen molar-refractivity contribution >= 4 is 29.0 Å². The van der Waals surface area contributed by atoms with Crippen LogP contribution in [0.15, 0.2) is 72.8 Å². The number of rotatable bonds is 4. The van der Waals surface area contributed by atoms with E-state index in [0.29, 0.717) is 0 Å². The summed E-state index contributed by atoms with van der Waals surface area (Å²) in [5.41, 5.74) is 2.19. The number of benzene rings is 2. The lowest BCUT2D eigenvalue weighted by Gasteiger charge is -2.35. The van der Waals surface area contributed by atoms with Crippen LogP contribution in [0.25, 0.3) is 16.5 Å². The second-order valence-electron chi connectivity index (χ2n) is 6.69. The van der Waals surface area contributed by atoms with Crippen molar-refractivity contribution < 1.29 is 9.18 Å². The molecule has 4 rings (SSSR count). The first-order chi connectivity index (χ1) is 13.7. The molecule has 0 unspecified atom stereocenters. The zero-order valence-electron chi connectivity index (χ0n) is 15.4. The van der Waals surface area contributed by atoms with Gasteiger partial charge in [0.1, 0.15) is 5.82 Å². The largest absolute Gasteiger partial charge is 0.368 e. The monoisotopic (exact) mass is 392 g/mol. The van der Waals surface area contributed by atoms with Gasteiger partial charge in [0, 0.05) is 47.7 Å². The minimum Gasteiger partial charge on any atom is -0.368 e. The van der Waals surface area contributed by atoms with Crippen LogP contribution >= 0.6 is 11.3 Å². The number of nitrogens with zero attached hydrogens (tertiary/aromatic N) is 2. The standard InChI is InChI=1S/C23H21FN2OS/c24-19-8-6-18(7-9-19)22-12-10-21(28-22)11-13-23(27)26-16-14-25(15-17-26)20-4-2-1-3-5-20/h1-13H,14-17H2/b13-11+. The molecule has 0 spiro atoms. The zero-order chi connectivity index (χ0) is 19.3. The Labute approximate surface area is 168 Å². The Morgan fingerprint density at radius 1 is 0.893 bits per heavy atom. The van der Waals surface area contributed by atoms with Gasteiger partial charge >= 0.3 is 0 Å². The molecule has 0 atom stereocenters. The number of piperazine rings is 1. The molecule has 1 aliphatic rings. The Hall–Kier alpha value is -2.92. The van der Waals surface area contributed by atoms with E-state index in [9.17, 15) is 9.18 Å². The average Bonchev–Trinajstić information content (AvgIpc) is 3.22. The topological polar surface area (TPSA) is 23.6 Å². The van der Waals surface area contributed by atoms with Gasteiger partial charge in [-0.15, -0.1) is 11.3 Å². The van der Waals surface area contributed by atoms with Crippen molar-refractivity contribution in [3.05, 3.63) is 83.5 Å². The molecule has 1 aromatic heterocycles. The number of carbonyl (C=O) groups is 1. The van der Waals surface area contributed by atoms with Crippen LogP contribution in [0.1, 0.15) is 4.88 Å². The molecule has 3 nitrogen and oxygen atoms in total. The zero-order valence-corrected chi connectivity index (χ0v) is 16.2. The van der Waals surface area contributed by atoms with Crippen LogP contribution in [0.4, 0.5) is 10.1 Å². The normalized spacial score (nSPS) is 14.6. The van der Waals surface area contributed by atoms with Gasteiger partial charge in [0.2, 0.25) is 5.91 Å². The summed E-state index contributed by atoms with van der Waals surface area (Å²) in [5.74, 6) is -0.192. The van der Waals surface area contributed by atoms with Crippen molar-refractivity contribution in [2.45, 2.75) is 0 Å². The Morgan fingerprint density at radius 3 is 2.32 bits per heavy atom. The van der Waals surface area contributed by atoms with Crippen LogP contribution in [0.5, 0.6) is 0 Å². The summed E-state index contributed by atoms with van der Waals surface area (Å²) in [6, 6.07) is 20.7. The van der Waals surface area contributed by atoms with Crippen molar-refractivity contribution in [3.63, 3.8) is 0 Å².